The van der Waals surface area contributed by atoms with Crippen molar-refractivity contribution in [1.29, 1.82) is 0 Å². The first-order chi connectivity index (χ1) is 9.26. The van der Waals surface area contributed by atoms with Crippen molar-refractivity contribution in [3.8, 4) is 16.9 Å². The van der Waals surface area contributed by atoms with Crippen LogP contribution in [0.5, 0.6) is 5.75 Å². The summed E-state index contributed by atoms with van der Waals surface area (Å²) in [5, 5.41) is 0.214. The highest BCUT2D eigenvalue weighted by molar-refractivity contribution is 6.31. The second-order valence-electron chi connectivity index (χ2n) is 4.07. The number of hydrogen-bond acceptors (Lipinski definition) is 3. The fourth-order valence-electron chi connectivity index (χ4n) is 1.74. The molecule has 0 amide bonds. The number of para-hydroxylation sites is 1. The number of halogens is 1. The molecule has 0 saturated heterocycles. The van der Waals surface area contributed by atoms with E-state index in [1.54, 1.807) is 12.3 Å². The van der Waals surface area contributed by atoms with Crippen LogP contribution < -0.4 is 4.74 Å². The van der Waals surface area contributed by atoms with Gasteiger partial charge < -0.3 is 4.74 Å². The fraction of sp³-hybridized carbons (Fsp3) is 0.200. The van der Waals surface area contributed by atoms with E-state index in [2.05, 4.69) is 11.9 Å². The fourth-order valence-corrected chi connectivity index (χ4v) is 1.89. The maximum Gasteiger partial charge on any atom is 0.153 e. The second-order valence-corrected chi connectivity index (χ2v) is 4.42. The SMILES string of the molecule is CCCOc1ccccc1-c1cnc(Cl)c(C=O)c1. The molecule has 98 valence electrons. The van der Waals surface area contributed by atoms with Gasteiger partial charge in [0.15, 0.2) is 6.29 Å². The minimum atomic E-state index is 0.214. The number of aromatic nitrogens is 1. The maximum absolute atomic E-state index is 10.9. The van der Waals surface area contributed by atoms with Gasteiger partial charge in [0.1, 0.15) is 10.9 Å². The molecule has 0 fully saturated rings. The van der Waals surface area contributed by atoms with Crippen LogP contribution in [-0.2, 0) is 0 Å². The topological polar surface area (TPSA) is 39.2 Å². The van der Waals surface area contributed by atoms with Crippen molar-refractivity contribution in [2.75, 3.05) is 6.61 Å². The van der Waals surface area contributed by atoms with Gasteiger partial charge in [0, 0.05) is 17.3 Å². The molecule has 0 unspecified atom stereocenters. The van der Waals surface area contributed by atoms with E-state index in [4.69, 9.17) is 16.3 Å². The van der Waals surface area contributed by atoms with E-state index >= 15 is 0 Å². The Hall–Kier alpha value is -1.87. The number of pyridine rings is 1. The predicted molar refractivity (Wildman–Crippen MR) is 75.9 cm³/mol. The summed E-state index contributed by atoms with van der Waals surface area (Å²) in [6.45, 7) is 2.70. The molecule has 2 aromatic rings. The minimum Gasteiger partial charge on any atom is -0.493 e. The molecule has 0 spiro atoms. The molecule has 4 heteroatoms. The van der Waals surface area contributed by atoms with Crippen molar-refractivity contribution >= 4 is 17.9 Å². The van der Waals surface area contributed by atoms with Crippen LogP contribution in [0, 0.1) is 0 Å². The lowest BCUT2D eigenvalue weighted by atomic mass is 10.1. The zero-order chi connectivity index (χ0) is 13.7. The molecular weight excluding hydrogens is 262 g/mol. The maximum atomic E-state index is 10.9. The smallest absolute Gasteiger partial charge is 0.153 e. The zero-order valence-electron chi connectivity index (χ0n) is 10.6. The summed E-state index contributed by atoms with van der Waals surface area (Å²) in [7, 11) is 0. The highest BCUT2D eigenvalue weighted by Gasteiger charge is 2.09. The number of carbonyl (C=O) groups is 1. The Morgan fingerprint density at radius 1 is 1.37 bits per heavy atom. The normalized spacial score (nSPS) is 10.2. The lowest BCUT2D eigenvalue weighted by Gasteiger charge is -2.11. The molecule has 19 heavy (non-hydrogen) atoms. The van der Waals surface area contributed by atoms with Gasteiger partial charge in [0.2, 0.25) is 0 Å². The Bertz CT molecular complexity index is 584. The van der Waals surface area contributed by atoms with E-state index in [0.717, 1.165) is 23.3 Å². The number of nitrogens with zero attached hydrogens (tertiary/aromatic N) is 1. The predicted octanol–water partition coefficient (Wildman–Crippen LogP) is 4.00. The molecule has 0 aliphatic carbocycles. The molecule has 1 aromatic carbocycles. The third-order valence-corrected chi connectivity index (χ3v) is 2.97. The second kappa shape index (κ2) is 6.34. The first-order valence-corrected chi connectivity index (χ1v) is 6.47. The summed E-state index contributed by atoms with van der Waals surface area (Å²) in [4.78, 5) is 14.9. The Morgan fingerprint density at radius 2 is 2.16 bits per heavy atom. The summed E-state index contributed by atoms with van der Waals surface area (Å²) in [6.07, 6.45) is 3.28. The van der Waals surface area contributed by atoms with Gasteiger partial charge in [-0.3, -0.25) is 4.79 Å². The average Bonchev–Trinajstić information content (AvgIpc) is 2.46. The van der Waals surface area contributed by atoms with E-state index in [1.165, 1.54) is 0 Å². The molecule has 0 aliphatic heterocycles. The largest absolute Gasteiger partial charge is 0.493 e. The summed E-state index contributed by atoms with van der Waals surface area (Å²) in [5.74, 6) is 0.783. The standard InChI is InChI=1S/C15H14ClNO2/c1-2-7-19-14-6-4-3-5-13(14)11-8-12(10-18)15(16)17-9-11/h3-6,8-10H,2,7H2,1H3. The molecule has 1 aromatic heterocycles. The molecule has 0 N–H and O–H groups in total. The number of aldehydes is 1. The quantitative estimate of drug-likeness (QED) is 0.611. The summed E-state index contributed by atoms with van der Waals surface area (Å²) >= 11 is 5.83. The summed E-state index contributed by atoms with van der Waals surface area (Å²) in [6, 6.07) is 9.39. The van der Waals surface area contributed by atoms with Gasteiger partial charge in [0.05, 0.1) is 12.2 Å². The summed E-state index contributed by atoms with van der Waals surface area (Å²) in [5.41, 5.74) is 2.10. The van der Waals surface area contributed by atoms with Gasteiger partial charge in [-0.15, -0.1) is 0 Å². The Kier molecular flexibility index (Phi) is 4.53. The third-order valence-electron chi connectivity index (χ3n) is 2.65. The molecule has 3 nitrogen and oxygen atoms in total. The van der Waals surface area contributed by atoms with Crippen LogP contribution in [0.25, 0.3) is 11.1 Å². The molecule has 1 heterocycles. The first kappa shape index (κ1) is 13.6. The monoisotopic (exact) mass is 275 g/mol. The Morgan fingerprint density at radius 3 is 2.89 bits per heavy atom. The number of carbonyl (C=O) groups excluding carboxylic acids is 1. The number of hydrogen-bond donors (Lipinski definition) is 0. The molecular formula is C15H14ClNO2. The van der Waals surface area contributed by atoms with Crippen LogP contribution >= 0.6 is 11.6 Å². The molecule has 2 rings (SSSR count). The van der Waals surface area contributed by atoms with Gasteiger partial charge in [0.25, 0.3) is 0 Å². The molecule has 0 bridgehead atoms. The number of benzene rings is 1. The van der Waals surface area contributed by atoms with Crippen LogP contribution in [-0.4, -0.2) is 17.9 Å². The van der Waals surface area contributed by atoms with E-state index < -0.39 is 0 Å². The zero-order valence-corrected chi connectivity index (χ0v) is 11.4. The van der Waals surface area contributed by atoms with Crippen molar-refractivity contribution in [1.82, 2.24) is 4.98 Å². The third kappa shape index (κ3) is 3.12. The number of rotatable bonds is 5. The number of ether oxygens (including phenoxy) is 1. The highest BCUT2D eigenvalue weighted by atomic mass is 35.5. The van der Waals surface area contributed by atoms with Crippen LogP contribution in [0.4, 0.5) is 0 Å². The van der Waals surface area contributed by atoms with Crippen LogP contribution in [0.1, 0.15) is 23.7 Å². The van der Waals surface area contributed by atoms with Crippen LogP contribution in [0.15, 0.2) is 36.5 Å². The van der Waals surface area contributed by atoms with Crippen molar-refractivity contribution in [3.05, 3.63) is 47.2 Å². The van der Waals surface area contributed by atoms with Gasteiger partial charge in [-0.05, 0) is 18.6 Å². The van der Waals surface area contributed by atoms with Crippen molar-refractivity contribution < 1.29 is 9.53 Å². The van der Waals surface area contributed by atoms with Crippen molar-refractivity contribution in [2.45, 2.75) is 13.3 Å². The lowest BCUT2D eigenvalue weighted by molar-refractivity contribution is 0.112. The lowest BCUT2D eigenvalue weighted by Crippen LogP contribution is -1.97. The van der Waals surface area contributed by atoms with Gasteiger partial charge in [-0.25, -0.2) is 4.98 Å². The average molecular weight is 276 g/mol. The van der Waals surface area contributed by atoms with E-state index in [9.17, 15) is 4.79 Å². The highest BCUT2D eigenvalue weighted by Crippen LogP contribution is 2.30. The molecule has 0 atom stereocenters. The van der Waals surface area contributed by atoms with Crippen LogP contribution in [0.3, 0.4) is 0 Å². The summed E-state index contributed by atoms with van der Waals surface area (Å²) < 4.78 is 5.70. The van der Waals surface area contributed by atoms with Gasteiger partial charge >= 0.3 is 0 Å². The van der Waals surface area contributed by atoms with Crippen molar-refractivity contribution in [3.63, 3.8) is 0 Å². The van der Waals surface area contributed by atoms with Gasteiger partial charge in [-0.2, -0.15) is 0 Å². The molecule has 0 saturated carbocycles. The van der Waals surface area contributed by atoms with Gasteiger partial charge in [-0.1, -0.05) is 36.7 Å². The van der Waals surface area contributed by atoms with E-state index in [-0.39, 0.29) is 5.15 Å². The van der Waals surface area contributed by atoms with E-state index in [1.807, 2.05) is 24.3 Å². The first-order valence-electron chi connectivity index (χ1n) is 6.09. The Balaban J connectivity index is 2.43. The minimum absolute atomic E-state index is 0.214. The molecule has 0 aliphatic rings. The van der Waals surface area contributed by atoms with Crippen LogP contribution in [0.2, 0.25) is 5.15 Å². The molecule has 0 radical (unpaired) electrons. The Labute approximate surface area is 117 Å². The van der Waals surface area contributed by atoms with E-state index in [0.29, 0.717) is 18.5 Å². The van der Waals surface area contributed by atoms with Crippen molar-refractivity contribution in [2.24, 2.45) is 0 Å².